The third-order valence-electron chi connectivity index (χ3n) is 4.49. The molecule has 0 bridgehead atoms. The fourth-order valence-electron chi connectivity index (χ4n) is 3.56. The number of rotatable bonds is 1. The molecule has 0 saturated carbocycles. The highest BCUT2D eigenvalue weighted by atomic mass is 16.1. The van der Waals surface area contributed by atoms with Crippen LogP contribution < -0.4 is 5.32 Å². The molecule has 3 N–H and O–H groups in total. The third-order valence-corrected chi connectivity index (χ3v) is 4.49. The molecule has 1 aliphatic carbocycles. The average Bonchev–Trinajstić information content (AvgIpc) is 2.45. The molecule has 3 rings (SSSR count). The summed E-state index contributed by atoms with van der Waals surface area (Å²) in [6.07, 6.45) is 1.38. The molecule has 1 aliphatic heterocycles. The van der Waals surface area contributed by atoms with E-state index >= 15 is 0 Å². The number of allylic oxidation sites excluding steroid dienone is 4. The van der Waals surface area contributed by atoms with E-state index in [1.165, 1.54) is 0 Å². The Morgan fingerprint density at radius 1 is 1.22 bits per heavy atom. The van der Waals surface area contributed by atoms with Gasteiger partial charge in [-0.3, -0.25) is 4.79 Å². The standard InChI is InChI=1S/C19H20N2O.H2O/c1-12-14(11-20)17(13-7-5-4-6-8-13)18-15(21-12)9-19(2,3)10-16(18)22;/h4-8,17,21H,9-10H2,1-3H3;1H2. The van der Waals surface area contributed by atoms with Crippen molar-refractivity contribution in [2.75, 3.05) is 0 Å². The fraction of sp³-hybridized carbons (Fsp3) is 0.368. The number of carbonyl (C=O) groups excluding carboxylic acids is 1. The lowest BCUT2D eigenvalue weighted by molar-refractivity contribution is -0.118. The van der Waals surface area contributed by atoms with E-state index in [0.717, 1.165) is 29.0 Å². The zero-order chi connectivity index (χ0) is 15.9. The number of ketones is 1. The second kappa shape index (κ2) is 6.02. The van der Waals surface area contributed by atoms with Crippen LogP contribution in [-0.4, -0.2) is 11.3 Å². The van der Waals surface area contributed by atoms with Gasteiger partial charge in [0, 0.05) is 23.4 Å². The highest BCUT2D eigenvalue weighted by molar-refractivity contribution is 6.00. The Morgan fingerprint density at radius 3 is 2.48 bits per heavy atom. The van der Waals surface area contributed by atoms with Crippen LogP contribution in [0.25, 0.3) is 0 Å². The molecule has 1 unspecified atom stereocenters. The molecular weight excluding hydrogens is 288 g/mol. The molecule has 2 aliphatic rings. The molecule has 4 heteroatoms. The van der Waals surface area contributed by atoms with Gasteiger partial charge in [-0.1, -0.05) is 44.2 Å². The number of nitrogens with zero attached hydrogens (tertiary/aromatic N) is 1. The van der Waals surface area contributed by atoms with E-state index in [4.69, 9.17) is 0 Å². The fourth-order valence-corrected chi connectivity index (χ4v) is 3.56. The highest BCUT2D eigenvalue weighted by Crippen LogP contribution is 2.46. The Kier molecular flexibility index (Phi) is 4.44. The molecule has 23 heavy (non-hydrogen) atoms. The van der Waals surface area contributed by atoms with Crippen molar-refractivity contribution >= 4 is 5.78 Å². The maximum atomic E-state index is 12.8. The summed E-state index contributed by atoms with van der Waals surface area (Å²) in [6.45, 7) is 6.16. The number of nitriles is 1. The zero-order valence-corrected chi connectivity index (χ0v) is 13.7. The van der Waals surface area contributed by atoms with Crippen molar-refractivity contribution in [3.8, 4) is 6.07 Å². The maximum absolute atomic E-state index is 12.8. The molecule has 1 heterocycles. The molecule has 0 saturated heterocycles. The summed E-state index contributed by atoms with van der Waals surface area (Å²) in [5, 5.41) is 12.9. The summed E-state index contributed by atoms with van der Waals surface area (Å²) in [4.78, 5) is 12.8. The van der Waals surface area contributed by atoms with Gasteiger partial charge in [-0.05, 0) is 24.3 Å². The molecule has 1 aromatic rings. The van der Waals surface area contributed by atoms with Crippen molar-refractivity contribution in [2.24, 2.45) is 5.41 Å². The van der Waals surface area contributed by atoms with Crippen LogP contribution >= 0.6 is 0 Å². The molecule has 0 spiro atoms. The Labute approximate surface area is 136 Å². The van der Waals surface area contributed by atoms with E-state index in [1.54, 1.807) is 0 Å². The number of nitrogens with one attached hydrogen (secondary N) is 1. The predicted molar refractivity (Wildman–Crippen MR) is 89.3 cm³/mol. The Bertz CT molecular complexity index is 736. The third kappa shape index (κ3) is 2.93. The van der Waals surface area contributed by atoms with Crippen LogP contribution in [0.3, 0.4) is 0 Å². The number of hydrogen-bond acceptors (Lipinski definition) is 3. The largest absolute Gasteiger partial charge is 0.412 e. The van der Waals surface area contributed by atoms with Gasteiger partial charge in [0.1, 0.15) is 0 Å². The summed E-state index contributed by atoms with van der Waals surface area (Å²) in [7, 11) is 0. The lowest BCUT2D eigenvalue weighted by atomic mass is 9.69. The first-order chi connectivity index (χ1) is 10.4. The van der Waals surface area contributed by atoms with Crippen LogP contribution in [0.4, 0.5) is 0 Å². The number of Topliss-reactive ketones (excluding diaryl/α,β-unsaturated/α-hetero) is 1. The van der Waals surface area contributed by atoms with Crippen molar-refractivity contribution in [3.05, 3.63) is 58.4 Å². The molecule has 0 radical (unpaired) electrons. The lowest BCUT2D eigenvalue weighted by Crippen LogP contribution is -2.36. The first kappa shape index (κ1) is 17.0. The summed E-state index contributed by atoms with van der Waals surface area (Å²) >= 11 is 0. The summed E-state index contributed by atoms with van der Waals surface area (Å²) in [5.41, 5.74) is 4.27. The number of carbonyl (C=O) groups is 1. The van der Waals surface area contributed by atoms with E-state index < -0.39 is 0 Å². The van der Waals surface area contributed by atoms with Gasteiger partial charge in [0.25, 0.3) is 0 Å². The Morgan fingerprint density at radius 2 is 1.87 bits per heavy atom. The predicted octanol–water partition coefficient (Wildman–Crippen LogP) is 2.99. The molecule has 0 aromatic heterocycles. The molecule has 1 aromatic carbocycles. The minimum atomic E-state index is -0.231. The molecule has 0 fully saturated rings. The van der Waals surface area contributed by atoms with E-state index in [2.05, 4.69) is 25.2 Å². The Hall–Kier alpha value is -2.38. The van der Waals surface area contributed by atoms with Crippen molar-refractivity contribution in [1.82, 2.24) is 5.32 Å². The quantitative estimate of drug-likeness (QED) is 0.865. The van der Waals surface area contributed by atoms with Gasteiger partial charge in [-0.25, -0.2) is 0 Å². The minimum Gasteiger partial charge on any atom is -0.412 e. The van der Waals surface area contributed by atoms with Crippen molar-refractivity contribution < 1.29 is 10.3 Å². The number of benzene rings is 1. The maximum Gasteiger partial charge on any atom is 0.162 e. The molecule has 4 nitrogen and oxygen atoms in total. The van der Waals surface area contributed by atoms with Crippen LogP contribution in [0.2, 0.25) is 0 Å². The van der Waals surface area contributed by atoms with Crippen LogP contribution in [0.1, 0.15) is 45.1 Å². The van der Waals surface area contributed by atoms with E-state index in [-0.39, 0.29) is 22.6 Å². The summed E-state index contributed by atoms with van der Waals surface area (Å²) in [5.74, 6) is -0.0705. The highest BCUT2D eigenvalue weighted by Gasteiger charge is 2.40. The van der Waals surface area contributed by atoms with Gasteiger partial charge in [-0.2, -0.15) is 5.26 Å². The van der Waals surface area contributed by atoms with Crippen LogP contribution in [0.5, 0.6) is 0 Å². The molecule has 0 amide bonds. The first-order valence-corrected chi connectivity index (χ1v) is 7.62. The topological polar surface area (TPSA) is 84.4 Å². The zero-order valence-electron chi connectivity index (χ0n) is 13.7. The van der Waals surface area contributed by atoms with Crippen molar-refractivity contribution in [1.29, 1.82) is 5.26 Å². The Balaban J connectivity index is 0.00000192. The van der Waals surface area contributed by atoms with Crippen LogP contribution in [0, 0.1) is 16.7 Å². The number of hydrogen-bond donors (Lipinski definition) is 1. The minimum absolute atomic E-state index is 0. The molecule has 120 valence electrons. The second-order valence-corrected chi connectivity index (χ2v) is 6.95. The van der Waals surface area contributed by atoms with Gasteiger partial charge in [-0.15, -0.1) is 0 Å². The monoisotopic (exact) mass is 310 g/mol. The van der Waals surface area contributed by atoms with Gasteiger partial charge >= 0.3 is 0 Å². The lowest BCUT2D eigenvalue weighted by Gasteiger charge is -2.38. The van der Waals surface area contributed by atoms with E-state index in [0.29, 0.717) is 12.0 Å². The molecular formula is C19H22N2O2. The van der Waals surface area contributed by atoms with Crippen LogP contribution in [0.15, 0.2) is 52.9 Å². The van der Waals surface area contributed by atoms with Gasteiger partial charge in [0.15, 0.2) is 5.78 Å². The van der Waals surface area contributed by atoms with Gasteiger partial charge in [0.05, 0.1) is 17.6 Å². The van der Waals surface area contributed by atoms with Crippen molar-refractivity contribution in [3.63, 3.8) is 0 Å². The smallest absolute Gasteiger partial charge is 0.162 e. The average molecular weight is 310 g/mol. The van der Waals surface area contributed by atoms with Crippen LogP contribution in [-0.2, 0) is 4.79 Å². The van der Waals surface area contributed by atoms with E-state index in [9.17, 15) is 10.1 Å². The number of dihydropyridines is 1. The van der Waals surface area contributed by atoms with Gasteiger partial charge in [0.2, 0.25) is 0 Å². The van der Waals surface area contributed by atoms with Gasteiger partial charge < -0.3 is 10.8 Å². The van der Waals surface area contributed by atoms with Crippen molar-refractivity contribution in [2.45, 2.75) is 39.5 Å². The second-order valence-electron chi connectivity index (χ2n) is 6.95. The SMILES string of the molecule is CC1=C(C#N)C(c2ccccc2)C2=C(CC(C)(C)CC2=O)N1.O. The molecule has 1 atom stereocenters. The summed E-state index contributed by atoms with van der Waals surface area (Å²) < 4.78 is 0. The normalized spacial score (nSPS) is 22.7. The summed E-state index contributed by atoms with van der Waals surface area (Å²) in [6, 6.07) is 12.2. The first-order valence-electron chi connectivity index (χ1n) is 7.62. The van der Waals surface area contributed by atoms with E-state index in [1.807, 2.05) is 37.3 Å².